The minimum Gasteiger partial charge on any atom is -0.305 e. The van der Waals surface area contributed by atoms with Crippen molar-refractivity contribution < 1.29 is 0 Å². The fourth-order valence-electron chi connectivity index (χ4n) is 0.985. The van der Waals surface area contributed by atoms with Gasteiger partial charge in [0.15, 0.2) is 0 Å². The Morgan fingerprint density at radius 1 is 1.27 bits per heavy atom. The van der Waals surface area contributed by atoms with Gasteiger partial charge in [-0.15, -0.1) is 12.6 Å². The molecule has 60 valence electrons. The fourth-order valence-corrected chi connectivity index (χ4v) is 1.22. The SMILES string of the molecule is CN(C)Cc1ccccc1S. The third-order valence-corrected chi connectivity index (χ3v) is 1.91. The number of hydrogen-bond donors (Lipinski definition) is 1. The second kappa shape index (κ2) is 3.79. The smallest absolute Gasteiger partial charge is 0.0238 e. The van der Waals surface area contributed by atoms with E-state index in [9.17, 15) is 0 Å². The van der Waals surface area contributed by atoms with Crippen molar-refractivity contribution in [3.05, 3.63) is 29.8 Å². The highest BCUT2D eigenvalue weighted by molar-refractivity contribution is 7.80. The molecule has 1 aromatic rings. The van der Waals surface area contributed by atoms with Crippen LogP contribution in [0.3, 0.4) is 0 Å². The molecule has 0 aliphatic rings. The lowest BCUT2D eigenvalue weighted by molar-refractivity contribution is 0.399. The Morgan fingerprint density at radius 2 is 1.91 bits per heavy atom. The summed E-state index contributed by atoms with van der Waals surface area (Å²) in [6.07, 6.45) is 0. The first-order valence-corrected chi connectivity index (χ1v) is 4.06. The van der Waals surface area contributed by atoms with Gasteiger partial charge >= 0.3 is 0 Å². The van der Waals surface area contributed by atoms with Gasteiger partial charge in [0.1, 0.15) is 0 Å². The van der Waals surface area contributed by atoms with E-state index in [0.717, 1.165) is 11.4 Å². The third kappa shape index (κ3) is 2.56. The second-order valence-electron chi connectivity index (χ2n) is 2.87. The van der Waals surface area contributed by atoms with Crippen LogP contribution in [0.1, 0.15) is 5.56 Å². The van der Waals surface area contributed by atoms with Gasteiger partial charge in [-0.2, -0.15) is 0 Å². The summed E-state index contributed by atoms with van der Waals surface area (Å²) in [4.78, 5) is 3.20. The van der Waals surface area contributed by atoms with E-state index in [4.69, 9.17) is 0 Å². The molecule has 0 saturated carbocycles. The molecule has 0 atom stereocenters. The van der Waals surface area contributed by atoms with Gasteiger partial charge in [0.05, 0.1) is 0 Å². The largest absolute Gasteiger partial charge is 0.305 e. The van der Waals surface area contributed by atoms with E-state index in [0.29, 0.717) is 0 Å². The zero-order valence-corrected chi connectivity index (χ0v) is 7.81. The van der Waals surface area contributed by atoms with Crippen molar-refractivity contribution in [1.82, 2.24) is 4.90 Å². The molecule has 0 bridgehead atoms. The van der Waals surface area contributed by atoms with Crippen LogP contribution in [0.25, 0.3) is 0 Å². The van der Waals surface area contributed by atoms with Gasteiger partial charge in [0, 0.05) is 11.4 Å². The van der Waals surface area contributed by atoms with Crippen LogP contribution in [0.2, 0.25) is 0 Å². The lowest BCUT2D eigenvalue weighted by Gasteiger charge is -2.10. The molecule has 1 nitrogen and oxygen atoms in total. The van der Waals surface area contributed by atoms with E-state index in [1.54, 1.807) is 0 Å². The molecule has 0 unspecified atom stereocenters. The minimum absolute atomic E-state index is 0.958. The Bertz CT molecular complexity index is 233. The summed E-state index contributed by atoms with van der Waals surface area (Å²) in [6, 6.07) is 8.16. The van der Waals surface area contributed by atoms with Crippen LogP contribution in [-0.2, 0) is 6.54 Å². The molecule has 0 spiro atoms. The van der Waals surface area contributed by atoms with Gasteiger partial charge in [-0.1, -0.05) is 18.2 Å². The first-order valence-electron chi connectivity index (χ1n) is 3.62. The molecular formula is C9H13NS. The molecule has 0 heterocycles. The average molecular weight is 167 g/mol. The van der Waals surface area contributed by atoms with Crippen LogP contribution in [0, 0.1) is 0 Å². The summed E-state index contributed by atoms with van der Waals surface area (Å²) in [5, 5.41) is 0. The molecule has 1 rings (SSSR count). The van der Waals surface area contributed by atoms with Gasteiger partial charge in [-0.25, -0.2) is 0 Å². The number of rotatable bonds is 2. The molecule has 0 saturated heterocycles. The van der Waals surface area contributed by atoms with Crippen LogP contribution in [-0.4, -0.2) is 19.0 Å². The highest BCUT2D eigenvalue weighted by Crippen LogP contribution is 2.13. The van der Waals surface area contributed by atoms with E-state index in [-0.39, 0.29) is 0 Å². The third-order valence-electron chi connectivity index (χ3n) is 1.48. The summed E-state index contributed by atoms with van der Waals surface area (Å²) in [5.74, 6) is 0. The van der Waals surface area contributed by atoms with Crippen LogP contribution in [0.15, 0.2) is 29.2 Å². The average Bonchev–Trinajstić information content (AvgIpc) is 1.93. The molecule has 0 aliphatic carbocycles. The Morgan fingerprint density at radius 3 is 2.45 bits per heavy atom. The van der Waals surface area contributed by atoms with E-state index in [1.807, 2.05) is 18.2 Å². The number of nitrogens with zero attached hydrogens (tertiary/aromatic N) is 1. The molecular weight excluding hydrogens is 154 g/mol. The molecule has 0 aromatic heterocycles. The van der Waals surface area contributed by atoms with Crippen molar-refractivity contribution in [2.75, 3.05) is 14.1 Å². The van der Waals surface area contributed by atoms with Crippen molar-refractivity contribution in [3.8, 4) is 0 Å². The topological polar surface area (TPSA) is 3.24 Å². The summed E-state index contributed by atoms with van der Waals surface area (Å²) >= 11 is 4.35. The standard InChI is InChI=1S/C9H13NS/c1-10(2)7-8-5-3-4-6-9(8)11/h3-6,11H,7H2,1-2H3. The van der Waals surface area contributed by atoms with Crippen LogP contribution >= 0.6 is 12.6 Å². The second-order valence-corrected chi connectivity index (χ2v) is 3.35. The zero-order chi connectivity index (χ0) is 8.27. The summed E-state index contributed by atoms with van der Waals surface area (Å²) in [7, 11) is 4.11. The lowest BCUT2D eigenvalue weighted by atomic mass is 10.2. The summed E-state index contributed by atoms with van der Waals surface area (Å²) in [5.41, 5.74) is 1.28. The Balaban J connectivity index is 2.78. The predicted octanol–water partition coefficient (Wildman–Crippen LogP) is 2.04. The molecule has 0 radical (unpaired) electrons. The molecule has 11 heavy (non-hydrogen) atoms. The van der Waals surface area contributed by atoms with Crippen molar-refractivity contribution in [2.45, 2.75) is 11.4 Å². The van der Waals surface area contributed by atoms with Crippen molar-refractivity contribution >= 4 is 12.6 Å². The monoisotopic (exact) mass is 167 g/mol. The number of benzene rings is 1. The molecule has 0 N–H and O–H groups in total. The maximum atomic E-state index is 4.35. The molecule has 0 amide bonds. The zero-order valence-electron chi connectivity index (χ0n) is 6.91. The Hall–Kier alpha value is -0.470. The summed E-state index contributed by atoms with van der Waals surface area (Å²) in [6.45, 7) is 0.958. The van der Waals surface area contributed by atoms with Crippen molar-refractivity contribution in [2.24, 2.45) is 0 Å². The van der Waals surface area contributed by atoms with E-state index in [2.05, 4.69) is 37.7 Å². The maximum Gasteiger partial charge on any atom is 0.0238 e. The van der Waals surface area contributed by atoms with E-state index in [1.165, 1.54) is 5.56 Å². The van der Waals surface area contributed by atoms with Gasteiger partial charge < -0.3 is 4.90 Å². The van der Waals surface area contributed by atoms with Gasteiger partial charge in [-0.05, 0) is 25.7 Å². The minimum atomic E-state index is 0.958. The predicted molar refractivity (Wildman–Crippen MR) is 51.1 cm³/mol. The number of thiol groups is 1. The maximum absolute atomic E-state index is 4.35. The van der Waals surface area contributed by atoms with Gasteiger partial charge in [0.25, 0.3) is 0 Å². The molecule has 1 aromatic carbocycles. The molecule has 0 fully saturated rings. The van der Waals surface area contributed by atoms with Crippen LogP contribution in [0.5, 0.6) is 0 Å². The van der Waals surface area contributed by atoms with Crippen LogP contribution in [0.4, 0.5) is 0 Å². The highest BCUT2D eigenvalue weighted by atomic mass is 32.1. The number of hydrogen-bond acceptors (Lipinski definition) is 2. The van der Waals surface area contributed by atoms with Gasteiger partial charge in [-0.3, -0.25) is 0 Å². The van der Waals surface area contributed by atoms with Crippen molar-refractivity contribution in [3.63, 3.8) is 0 Å². The quantitative estimate of drug-likeness (QED) is 0.660. The van der Waals surface area contributed by atoms with Gasteiger partial charge in [0.2, 0.25) is 0 Å². The highest BCUT2D eigenvalue weighted by Gasteiger charge is 1.97. The summed E-state index contributed by atoms with van der Waals surface area (Å²) < 4.78 is 0. The lowest BCUT2D eigenvalue weighted by Crippen LogP contribution is -2.10. The first kappa shape index (κ1) is 8.62. The Labute approximate surface area is 73.4 Å². The fraction of sp³-hybridized carbons (Fsp3) is 0.333. The first-order chi connectivity index (χ1) is 5.20. The molecule has 2 heteroatoms. The molecule has 0 aliphatic heterocycles. The van der Waals surface area contributed by atoms with E-state index < -0.39 is 0 Å². The Kier molecular flexibility index (Phi) is 2.97. The van der Waals surface area contributed by atoms with Crippen LogP contribution < -0.4 is 0 Å². The van der Waals surface area contributed by atoms with E-state index >= 15 is 0 Å². The normalized spacial score (nSPS) is 10.5. The van der Waals surface area contributed by atoms with Crippen molar-refractivity contribution in [1.29, 1.82) is 0 Å².